The van der Waals surface area contributed by atoms with Crippen molar-refractivity contribution in [3.8, 4) is 0 Å². The zero-order chi connectivity index (χ0) is 11.5. The summed E-state index contributed by atoms with van der Waals surface area (Å²) in [7, 11) is 0. The highest BCUT2D eigenvalue weighted by Crippen LogP contribution is 2.35. The zero-order valence-corrected chi connectivity index (χ0v) is 9.99. The Labute approximate surface area is 97.1 Å². The van der Waals surface area contributed by atoms with Crippen molar-refractivity contribution in [1.29, 1.82) is 0 Å². The number of carbonyl (C=O) groups excluding carboxylic acids is 1. The highest BCUT2D eigenvalue weighted by Gasteiger charge is 2.29. The third-order valence-electron chi connectivity index (χ3n) is 3.18. The van der Waals surface area contributed by atoms with Crippen LogP contribution < -0.4 is 5.32 Å². The second-order valence-electron chi connectivity index (χ2n) is 4.95. The molecule has 0 radical (unpaired) electrons. The van der Waals surface area contributed by atoms with Gasteiger partial charge < -0.3 is 5.32 Å². The summed E-state index contributed by atoms with van der Waals surface area (Å²) < 4.78 is 0. The fourth-order valence-corrected chi connectivity index (χ4v) is 2.29. The Morgan fingerprint density at radius 2 is 2.06 bits per heavy atom. The molecule has 1 unspecified atom stereocenters. The monoisotopic (exact) mass is 217 g/mol. The molecule has 0 aliphatic carbocycles. The number of hydrogen-bond acceptors (Lipinski definition) is 1. The Kier molecular flexibility index (Phi) is 3.28. The fraction of sp³-hybridized carbons (Fsp3) is 0.500. The predicted molar refractivity (Wildman–Crippen MR) is 66.5 cm³/mol. The molecule has 2 heteroatoms. The van der Waals surface area contributed by atoms with Crippen molar-refractivity contribution in [3.05, 3.63) is 29.8 Å². The van der Waals surface area contributed by atoms with Crippen molar-refractivity contribution >= 4 is 11.6 Å². The van der Waals surface area contributed by atoms with Gasteiger partial charge in [-0.25, -0.2) is 0 Å². The Bertz CT molecular complexity index is 384. The zero-order valence-electron chi connectivity index (χ0n) is 9.99. The molecule has 0 bridgehead atoms. The fourth-order valence-electron chi connectivity index (χ4n) is 2.29. The molecule has 2 nitrogen and oxygen atoms in total. The van der Waals surface area contributed by atoms with Gasteiger partial charge in [0.15, 0.2) is 0 Å². The highest BCUT2D eigenvalue weighted by molar-refractivity contribution is 6.02. The summed E-state index contributed by atoms with van der Waals surface area (Å²) in [4.78, 5) is 11.8. The lowest BCUT2D eigenvalue weighted by Gasteiger charge is -2.09. The molecule has 0 aromatic heterocycles. The van der Waals surface area contributed by atoms with Crippen LogP contribution in [0.15, 0.2) is 24.3 Å². The maximum atomic E-state index is 11.8. The number of rotatable bonds is 4. The average molecular weight is 217 g/mol. The molecule has 1 aromatic rings. The first-order valence-electron chi connectivity index (χ1n) is 6.08. The van der Waals surface area contributed by atoms with Crippen LogP contribution in [-0.2, 0) is 4.79 Å². The standard InChI is InChI=1S/C14H19NO/c1-10(2)6-5-8-12-11-7-3-4-9-13(11)15-14(12)16/h3-4,7,9-10,12H,5-6,8H2,1-2H3,(H,15,16). The van der Waals surface area contributed by atoms with E-state index >= 15 is 0 Å². The van der Waals surface area contributed by atoms with Gasteiger partial charge in [-0.15, -0.1) is 0 Å². The van der Waals surface area contributed by atoms with Crippen LogP contribution in [0.3, 0.4) is 0 Å². The molecule has 2 rings (SSSR count). The summed E-state index contributed by atoms with van der Waals surface area (Å²) >= 11 is 0. The smallest absolute Gasteiger partial charge is 0.232 e. The van der Waals surface area contributed by atoms with E-state index < -0.39 is 0 Å². The van der Waals surface area contributed by atoms with Crippen LogP contribution in [0.2, 0.25) is 0 Å². The van der Waals surface area contributed by atoms with Crippen LogP contribution in [0.5, 0.6) is 0 Å². The molecule has 16 heavy (non-hydrogen) atoms. The molecule has 1 N–H and O–H groups in total. The number of nitrogens with one attached hydrogen (secondary N) is 1. The highest BCUT2D eigenvalue weighted by atomic mass is 16.2. The molecule has 1 heterocycles. The van der Waals surface area contributed by atoms with E-state index in [1.165, 1.54) is 12.0 Å². The maximum Gasteiger partial charge on any atom is 0.232 e. The second kappa shape index (κ2) is 4.69. The predicted octanol–water partition coefficient (Wildman–Crippen LogP) is 3.55. The van der Waals surface area contributed by atoms with Crippen LogP contribution in [0.1, 0.15) is 44.6 Å². The Morgan fingerprint density at radius 1 is 1.31 bits per heavy atom. The number of para-hydroxylation sites is 1. The molecule has 0 saturated carbocycles. The van der Waals surface area contributed by atoms with Gasteiger partial charge in [0.25, 0.3) is 0 Å². The minimum Gasteiger partial charge on any atom is -0.325 e. The Hall–Kier alpha value is -1.31. The Balaban J connectivity index is 2.02. The van der Waals surface area contributed by atoms with Crippen molar-refractivity contribution in [2.24, 2.45) is 5.92 Å². The summed E-state index contributed by atoms with van der Waals surface area (Å²) in [5, 5.41) is 2.95. The molecule has 86 valence electrons. The van der Waals surface area contributed by atoms with Crippen LogP contribution in [0.25, 0.3) is 0 Å². The molecule has 1 amide bonds. The van der Waals surface area contributed by atoms with Gasteiger partial charge in [-0.3, -0.25) is 4.79 Å². The lowest BCUT2D eigenvalue weighted by molar-refractivity contribution is -0.117. The van der Waals surface area contributed by atoms with Crippen molar-refractivity contribution in [3.63, 3.8) is 0 Å². The number of hydrogen-bond donors (Lipinski definition) is 1. The van der Waals surface area contributed by atoms with Gasteiger partial charge in [0.2, 0.25) is 5.91 Å². The van der Waals surface area contributed by atoms with E-state index in [-0.39, 0.29) is 11.8 Å². The quantitative estimate of drug-likeness (QED) is 0.821. The van der Waals surface area contributed by atoms with Crippen LogP contribution in [0.4, 0.5) is 5.69 Å². The topological polar surface area (TPSA) is 29.1 Å². The molecule has 1 aliphatic rings. The number of fused-ring (bicyclic) bond motifs is 1. The van der Waals surface area contributed by atoms with Crippen LogP contribution in [0, 0.1) is 5.92 Å². The molecule has 1 aromatic carbocycles. The van der Waals surface area contributed by atoms with Gasteiger partial charge in [-0.2, -0.15) is 0 Å². The number of anilines is 1. The van der Waals surface area contributed by atoms with Crippen molar-refractivity contribution < 1.29 is 4.79 Å². The summed E-state index contributed by atoms with van der Waals surface area (Å²) in [6.07, 6.45) is 3.30. The van der Waals surface area contributed by atoms with Gasteiger partial charge in [-0.1, -0.05) is 44.9 Å². The molecular weight excluding hydrogens is 198 g/mol. The summed E-state index contributed by atoms with van der Waals surface area (Å²) in [5.74, 6) is 0.972. The van der Waals surface area contributed by atoms with E-state index in [4.69, 9.17) is 0 Å². The summed E-state index contributed by atoms with van der Waals surface area (Å²) in [6, 6.07) is 8.02. The van der Waals surface area contributed by atoms with E-state index in [2.05, 4.69) is 25.2 Å². The summed E-state index contributed by atoms with van der Waals surface area (Å²) in [5.41, 5.74) is 2.18. The normalized spacial score (nSPS) is 18.7. The van der Waals surface area contributed by atoms with Gasteiger partial charge >= 0.3 is 0 Å². The van der Waals surface area contributed by atoms with Gasteiger partial charge in [0.1, 0.15) is 0 Å². The molecule has 1 aliphatic heterocycles. The van der Waals surface area contributed by atoms with Gasteiger partial charge in [0, 0.05) is 5.69 Å². The van der Waals surface area contributed by atoms with Crippen LogP contribution in [-0.4, -0.2) is 5.91 Å². The van der Waals surface area contributed by atoms with Crippen molar-refractivity contribution in [2.75, 3.05) is 5.32 Å². The number of amides is 1. The largest absolute Gasteiger partial charge is 0.325 e. The van der Waals surface area contributed by atoms with Crippen molar-refractivity contribution in [1.82, 2.24) is 0 Å². The molecule has 1 atom stereocenters. The minimum atomic E-state index is 0.0787. The molecule has 0 saturated heterocycles. The van der Waals surface area contributed by atoms with Crippen LogP contribution >= 0.6 is 0 Å². The van der Waals surface area contributed by atoms with E-state index in [1.807, 2.05) is 18.2 Å². The minimum absolute atomic E-state index is 0.0787. The molecule has 0 spiro atoms. The average Bonchev–Trinajstić information content (AvgIpc) is 2.55. The third kappa shape index (κ3) is 2.26. The van der Waals surface area contributed by atoms with Gasteiger partial charge in [-0.05, 0) is 24.0 Å². The molecule has 0 fully saturated rings. The summed E-state index contributed by atoms with van der Waals surface area (Å²) in [6.45, 7) is 4.45. The second-order valence-corrected chi connectivity index (χ2v) is 4.95. The van der Waals surface area contributed by atoms with E-state index in [0.29, 0.717) is 0 Å². The lowest BCUT2D eigenvalue weighted by atomic mass is 9.93. The SMILES string of the molecule is CC(C)CCCC1C(=O)Nc2ccccc21. The number of carbonyl (C=O) groups is 1. The Morgan fingerprint density at radius 3 is 2.81 bits per heavy atom. The van der Waals surface area contributed by atoms with E-state index in [0.717, 1.165) is 24.4 Å². The first-order valence-corrected chi connectivity index (χ1v) is 6.08. The molecular formula is C14H19NO. The van der Waals surface area contributed by atoms with E-state index in [9.17, 15) is 4.79 Å². The third-order valence-corrected chi connectivity index (χ3v) is 3.18. The maximum absolute atomic E-state index is 11.8. The van der Waals surface area contributed by atoms with Gasteiger partial charge in [0.05, 0.1) is 5.92 Å². The first-order chi connectivity index (χ1) is 7.68. The first kappa shape index (κ1) is 11.2. The number of benzene rings is 1. The lowest BCUT2D eigenvalue weighted by Crippen LogP contribution is -2.12. The van der Waals surface area contributed by atoms with Crippen molar-refractivity contribution in [2.45, 2.75) is 39.0 Å². The van der Waals surface area contributed by atoms with E-state index in [1.54, 1.807) is 0 Å².